The first-order valence-corrected chi connectivity index (χ1v) is 19.2. The van der Waals surface area contributed by atoms with Crippen LogP contribution in [0, 0.1) is 38.9 Å². The number of sulfonamides is 1. The van der Waals surface area contributed by atoms with E-state index in [1.165, 1.54) is 0 Å². The number of pyridine rings is 2. The van der Waals surface area contributed by atoms with Crippen LogP contribution in [0.5, 0.6) is 0 Å². The van der Waals surface area contributed by atoms with E-state index < -0.39 is 44.0 Å². The first-order chi connectivity index (χ1) is 22.9. The average molecular weight is 689 g/mol. The molecule has 0 radical (unpaired) electrons. The van der Waals surface area contributed by atoms with Crippen LogP contribution in [0.1, 0.15) is 103 Å². The normalized spacial score (nSPS) is 30.1. The first-order valence-electron chi connectivity index (χ1n) is 17.7. The predicted octanol–water partition coefficient (Wildman–Crippen LogP) is 5.42. The summed E-state index contributed by atoms with van der Waals surface area (Å²) in [6.45, 7) is 14.6. The van der Waals surface area contributed by atoms with E-state index in [1.54, 1.807) is 41.6 Å². The number of hydrogen-bond acceptors (Lipinski definition) is 8. The number of nitrogens with zero attached hydrogens (tertiary/aromatic N) is 3. The van der Waals surface area contributed by atoms with Gasteiger partial charge in [0.25, 0.3) is 0 Å². The Morgan fingerprint density at radius 3 is 2.37 bits per heavy atom. The van der Waals surface area contributed by atoms with Crippen molar-refractivity contribution in [2.24, 2.45) is 38.9 Å². The molecule has 1 N–H and O–H groups in total. The molecular formula is C38H48N4O6S. The maximum absolute atomic E-state index is 14.9. The number of amides is 2. The summed E-state index contributed by atoms with van der Waals surface area (Å²) >= 11 is 0. The van der Waals surface area contributed by atoms with Crippen molar-refractivity contribution >= 4 is 44.3 Å². The second kappa shape index (κ2) is 11.0. The van der Waals surface area contributed by atoms with Crippen LogP contribution in [0.2, 0.25) is 0 Å². The second-order valence-electron chi connectivity index (χ2n) is 17.2. The number of Topliss-reactive ketones (excluding diaryl/α,β-unsaturated/α-hetero) is 2. The van der Waals surface area contributed by atoms with E-state index in [1.807, 2.05) is 20.8 Å². The third-order valence-corrected chi connectivity index (χ3v) is 15.4. The summed E-state index contributed by atoms with van der Waals surface area (Å²) in [7, 11) is -3.80. The van der Waals surface area contributed by atoms with Crippen LogP contribution in [0.25, 0.3) is 10.9 Å². The summed E-state index contributed by atoms with van der Waals surface area (Å²) in [5, 5.41) is 0.247. The van der Waals surface area contributed by atoms with Gasteiger partial charge in [0.1, 0.15) is 5.69 Å². The Morgan fingerprint density at radius 1 is 1.08 bits per heavy atom. The van der Waals surface area contributed by atoms with Gasteiger partial charge in [-0.25, -0.2) is 13.4 Å². The molecule has 0 aromatic carbocycles. The van der Waals surface area contributed by atoms with Crippen molar-refractivity contribution in [1.82, 2.24) is 19.6 Å². The molecule has 1 aliphatic heterocycles. The topological polar surface area (TPSA) is 143 Å². The Balaban J connectivity index is 1.18. The second-order valence-corrected chi connectivity index (χ2v) is 19.1. The number of likely N-dealkylation sites (tertiary alicyclic amines) is 1. The zero-order chi connectivity index (χ0) is 35.4. The van der Waals surface area contributed by atoms with Gasteiger partial charge in [-0.3, -0.25) is 28.9 Å². The lowest BCUT2D eigenvalue weighted by atomic mass is 9.73. The van der Waals surface area contributed by atoms with Gasteiger partial charge in [0.2, 0.25) is 21.8 Å². The Labute approximate surface area is 288 Å². The van der Waals surface area contributed by atoms with Crippen molar-refractivity contribution in [2.45, 2.75) is 104 Å². The molecule has 4 saturated carbocycles. The zero-order valence-electron chi connectivity index (χ0n) is 29.3. The number of nitrogens with one attached hydrogen (secondary N) is 1. The molecule has 2 amide bonds. The van der Waals surface area contributed by atoms with Gasteiger partial charge < -0.3 is 4.90 Å². The fourth-order valence-electron chi connectivity index (χ4n) is 9.80. The predicted molar refractivity (Wildman–Crippen MR) is 184 cm³/mol. The molecule has 262 valence electrons. The molecule has 4 aliphatic carbocycles. The summed E-state index contributed by atoms with van der Waals surface area (Å²) in [4.78, 5) is 67.1. The van der Waals surface area contributed by atoms with Crippen LogP contribution in [0.3, 0.4) is 0 Å². The van der Waals surface area contributed by atoms with Crippen molar-refractivity contribution in [2.75, 3.05) is 6.54 Å². The summed E-state index contributed by atoms with van der Waals surface area (Å²) in [6.07, 6.45) is 9.81. The highest BCUT2D eigenvalue weighted by atomic mass is 32.2. The van der Waals surface area contributed by atoms with Gasteiger partial charge >= 0.3 is 0 Å². The summed E-state index contributed by atoms with van der Waals surface area (Å²) in [6, 6.07) is 4.45. The molecule has 10 nitrogen and oxygen atoms in total. The molecule has 5 fully saturated rings. The van der Waals surface area contributed by atoms with Crippen molar-refractivity contribution < 1.29 is 27.6 Å². The molecule has 2 aromatic heterocycles. The fraction of sp³-hybridized carbons (Fsp3) is 0.632. The van der Waals surface area contributed by atoms with Crippen molar-refractivity contribution in [1.29, 1.82) is 0 Å². The monoisotopic (exact) mass is 688 g/mol. The highest BCUT2D eigenvalue weighted by molar-refractivity contribution is 7.90. The van der Waals surface area contributed by atoms with E-state index >= 15 is 0 Å². The highest BCUT2D eigenvalue weighted by Crippen LogP contribution is 2.88. The van der Waals surface area contributed by atoms with Gasteiger partial charge in [0.05, 0.1) is 28.1 Å². The Hall–Kier alpha value is -3.47. The number of ketones is 2. The van der Waals surface area contributed by atoms with Crippen LogP contribution in [0.15, 0.2) is 43.2 Å². The number of fused-ring (bicyclic) bond motifs is 2. The van der Waals surface area contributed by atoms with Crippen LogP contribution < -0.4 is 4.72 Å². The molecule has 2 aromatic rings. The standard InChI is InChI=1S/C38H48N4O6S/c1-7-24-18-36(24,33(46)41-49(47,48)25-10-11-25)20-31(44)29-19-38(35(5,6)37(38)14-8-15-37)22-42(29)32(45)26(34(2,3)4)17-30(43)28-12-9-23-21-39-16-13-27(23)40-28/h7,9,12-13,16,21,24-26,29H,1,8,10-11,14-15,17-20,22H2,2-6H3,(H,41,46)/t24-,26-,29+,36-,38-/m1/s1. The third-order valence-electron chi connectivity index (χ3n) is 13.5. The van der Waals surface area contributed by atoms with E-state index in [4.69, 9.17) is 0 Å². The lowest BCUT2D eigenvalue weighted by Crippen LogP contribution is -2.48. The van der Waals surface area contributed by atoms with Crippen LogP contribution >= 0.6 is 0 Å². The Bertz CT molecular complexity index is 1890. The fourth-order valence-corrected chi connectivity index (χ4v) is 11.2. The van der Waals surface area contributed by atoms with Crippen molar-refractivity contribution in [3.8, 4) is 0 Å². The van der Waals surface area contributed by atoms with Gasteiger partial charge in [-0.1, -0.05) is 47.1 Å². The van der Waals surface area contributed by atoms with Crippen LogP contribution in [0.4, 0.5) is 0 Å². The molecule has 5 atom stereocenters. The number of carbonyl (C=O) groups is 4. The number of aromatic nitrogens is 2. The smallest absolute Gasteiger partial charge is 0.240 e. The molecular weight excluding hydrogens is 641 g/mol. The van der Waals surface area contributed by atoms with Gasteiger partial charge in [-0.2, -0.15) is 0 Å². The summed E-state index contributed by atoms with van der Waals surface area (Å²) in [5.41, 5.74) is -1.13. The lowest BCUT2D eigenvalue weighted by Gasteiger charge is -2.35. The molecule has 5 aliphatic rings. The van der Waals surface area contributed by atoms with Crippen LogP contribution in [-0.4, -0.2) is 64.5 Å². The molecule has 3 heterocycles. The maximum Gasteiger partial charge on any atom is 0.240 e. The quantitative estimate of drug-likeness (QED) is 0.244. The molecule has 2 spiro atoms. The number of rotatable bonds is 11. The summed E-state index contributed by atoms with van der Waals surface area (Å²) < 4.78 is 27.7. The van der Waals surface area contributed by atoms with E-state index in [0.29, 0.717) is 37.7 Å². The van der Waals surface area contributed by atoms with Gasteiger partial charge in [-0.15, -0.1) is 6.58 Å². The molecule has 49 heavy (non-hydrogen) atoms. The minimum Gasteiger partial charge on any atom is -0.332 e. The molecule has 1 saturated heterocycles. The maximum atomic E-state index is 14.9. The third kappa shape index (κ3) is 5.11. The van der Waals surface area contributed by atoms with Gasteiger partial charge in [0.15, 0.2) is 11.6 Å². The lowest BCUT2D eigenvalue weighted by molar-refractivity contribution is -0.144. The summed E-state index contributed by atoms with van der Waals surface area (Å²) in [5.74, 6) is -2.40. The van der Waals surface area contributed by atoms with E-state index in [0.717, 1.165) is 24.6 Å². The van der Waals surface area contributed by atoms with E-state index in [2.05, 4.69) is 35.1 Å². The number of hydrogen-bond donors (Lipinski definition) is 1. The number of allylic oxidation sites excluding steroid dienone is 1. The molecule has 7 rings (SSSR count). The molecule has 0 bridgehead atoms. The minimum absolute atomic E-state index is 0.0567. The van der Waals surface area contributed by atoms with Crippen molar-refractivity contribution in [3.63, 3.8) is 0 Å². The minimum atomic E-state index is -3.80. The largest absolute Gasteiger partial charge is 0.332 e. The average Bonchev–Trinajstić information content (AvgIpc) is 3.96. The molecule has 0 unspecified atom stereocenters. The number of carbonyl (C=O) groups excluding carboxylic acids is 4. The highest BCUT2D eigenvalue weighted by Gasteiger charge is 2.85. The van der Waals surface area contributed by atoms with Crippen molar-refractivity contribution in [3.05, 3.63) is 48.9 Å². The van der Waals surface area contributed by atoms with Gasteiger partial charge in [-0.05, 0) is 78.9 Å². The van der Waals surface area contributed by atoms with E-state index in [9.17, 15) is 27.6 Å². The Morgan fingerprint density at radius 2 is 1.80 bits per heavy atom. The first kappa shape index (κ1) is 34.0. The van der Waals surface area contributed by atoms with E-state index in [-0.39, 0.29) is 58.2 Å². The van der Waals surface area contributed by atoms with Crippen LogP contribution in [-0.2, 0) is 24.4 Å². The molecule has 11 heteroatoms. The Kier molecular flexibility index (Phi) is 7.64. The SMILES string of the molecule is C=C[C@@H]1C[C@]1(CC(=O)[C@@H]1C[C@@]2(CN1C(=O)[C@@H](CC(=O)c1ccc3cnccc3n1)C(C)(C)C)C(C)(C)C21CCC1)C(=O)NS(=O)(=O)C1CC1. The van der Waals surface area contributed by atoms with Gasteiger partial charge in [0, 0.05) is 42.6 Å². The zero-order valence-corrected chi connectivity index (χ0v) is 30.1.